The fourth-order valence-electron chi connectivity index (χ4n) is 1.56. The van der Waals surface area contributed by atoms with Gasteiger partial charge in [-0.05, 0) is 37.1 Å². The highest BCUT2D eigenvalue weighted by Gasteiger charge is 2.09. The van der Waals surface area contributed by atoms with Crippen molar-refractivity contribution in [2.75, 3.05) is 19.5 Å². The molecule has 0 unspecified atom stereocenters. The molecule has 0 spiro atoms. The second-order valence-corrected chi connectivity index (χ2v) is 3.84. The van der Waals surface area contributed by atoms with Crippen molar-refractivity contribution in [1.82, 2.24) is 10.6 Å². The molecule has 0 fully saturated rings. The zero-order valence-electron chi connectivity index (χ0n) is 11.0. The predicted octanol–water partition coefficient (Wildman–Crippen LogP) is 1.59. The first-order chi connectivity index (χ1) is 8.47. The van der Waals surface area contributed by atoms with Gasteiger partial charge in [-0.15, -0.1) is 0 Å². The molecule has 6 nitrogen and oxygen atoms in total. The molecule has 0 aliphatic rings. The molecule has 1 rings (SSSR count). The number of urea groups is 1. The van der Waals surface area contributed by atoms with Crippen LogP contribution in [0.1, 0.15) is 11.1 Å². The number of rotatable bonds is 2. The summed E-state index contributed by atoms with van der Waals surface area (Å²) in [6.45, 7) is 3.77. The monoisotopic (exact) mass is 250 g/mol. The molecular formula is C12H18N4O2. The number of hydrogen-bond donors (Lipinski definition) is 4. The number of carbonyl (C=O) groups excluding carboxylic acids is 1. The fraction of sp³-hybridized carbons (Fsp3) is 0.333. The Morgan fingerprint density at radius 2 is 1.83 bits per heavy atom. The number of aryl methyl sites for hydroxylation is 2. The molecule has 98 valence electrons. The largest absolute Gasteiger partial charge is 0.497 e. The van der Waals surface area contributed by atoms with Gasteiger partial charge in [0.15, 0.2) is 5.96 Å². The van der Waals surface area contributed by atoms with Crippen LogP contribution in [0.2, 0.25) is 0 Å². The molecule has 2 amide bonds. The van der Waals surface area contributed by atoms with Gasteiger partial charge in [-0.3, -0.25) is 10.7 Å². The standard InChI is InChI=1S/C12H18N4O2/c1-7-5-9(18-4)6-8(2)10(7)15-12(17)16-11(13)14-3/h5-6H,1-4H3,(H4,13,14,15,16,17). The van der Waals surface area contributed by atoms with Gasteiger partial charge >= 0.3 is 6.03 Å². The minimum Gasteiger partial charge on any atom is -0.497 e. The molecule has 0 aliphatic heterocycles. The molecule has 4 N–H and O–H groups in total. The van der Waals surface area contributed by atoms with Crippen molar-refractivity contribution in [3.8, 4) is 5.75 Å². The van der Waals surface area contributed by atoms with Crippen LogP contribution >= 0.6 is 0 Å². The number of anilines is 1. The number of amides is 2. The number of carbonyl (C=O) groups is 1. The van der Waals surface area contributed by atoms with Gasteiger partial charge in [0.25, 0.3) is 0 Å². The third-order valence-electron chi connectivity index (χ3n) is 2.47. The molecule has 0 aliphatic carbocycles. The number of guanidine groups is 1. The average Bonchev–Trinajstić information content (AvgIpc) is 2.33. The summed E-state index contributed by atoms with van der Waals surface area (Å²) in [5, 5.41) is 14.9. The number of ether oxygens (including phenoxy) is 1. The van der Waals surface area contributed by atoms with E-state index in [0.717, 1.165) is 22.6 Å². The summed E-state index contributed by atoms with van der Waals surface area (Å²) in [5.41, 5.74) is 2.52. The Balaban J connectivity index is 2.85. The van der Waals surface area contributed by atoms with Gasteiger partial charge in [0.05, 0.1) is 7.11 Å². The lowest BCUT2D eigenvalue weighted by Crippen LogP contribution is -2.40. The van der Waals surface area contributed by atoms with Crippen LogP contribution in [0.3, 0.4) is 0 Å². The fourth-order valence-corrected chi connectivity index (χ4v) is 1.56. The van der Waals surface area contributed by atoms with Crippen LogP contribution in [0.5, 0.6) is 5.75 Å². The quantitative estimate of drug-likeness (QED) is 0.475. The summed E-state index contributed by atoms with van der Waals surface area (Å²) >= 11 is 0. The number of hydrogen-bond acceptors (Lipinski definition) is 3. The molecule has 0 aromatic heterocycles. The van der Waals surface area contributed by atoms with Gasteiger partial charge in [0.1, 0.15) is 5.75 Å². The van der Waals surface area contributed by atoms with Crippen LogP contribution in [-0.4, -0.2) is 26.1 Å². The SMILES string of the molecule is CNC(=N)NC(=O)Nc1c(C)cc(OC)cc1C. The third kappa shape index (κ3) is 3.38. The molecular weight excluding hydrogens is 232 g/mol. The number of methoxy groups -OCH3 is 1. The van der Waals surface area contributed by atoms with Crippen LogP contribution in [0.15, 0.2) is 12.1 Å². The average molecular weight is 250 g/mol. The molecule has 6 heteroatoms. The summed E-state index contributed by atoms with van der Waals surface area (Å²) in [7, 11) is 3.16. The van der Waals surface area contributed by atoms with Gasteiger partial charge in [-0.1, -0.05) is 0 Å². The second kappa shape index (κ2) is 5.90. The van der Waals surface area contributed by atoms with Crippen molar-refractivity contribution >= 4 is 17.7 Å². The summed E-state index contributed by atoms with van der Waals surface area (Å²) in [5.74, 6) is 0.690. The highest BCUT2D eigenvalue weighted by atomic mass is 16.5. The molecule has 0 bridgehead atoms. The molecule has 0 atom stereocenters. The molecule has 1 aromatic rings. The minimum atomic E-state index is -0.453. The van der Waals surface area contributed by atoms with Crippen molar-refractivity contribution in [1.29, 1.82) is 5.41 Å². The van der Waals surface area contributed by atoms with E-state index < -0.39 is 6.03 Å². The van der Waals surface area contributed by atoms with E-state index in [0.29, 0.717) is 0 Å². The minimum absolute atomic E-state index is 0.0590. The molecule has 1 aromatic carbocycles. The summed E-state index contributed by atoms with van der Waals surface area (Å²) in [4.78, 5) is 11.6. The van der Waals surface area contributed by atoms with Crippen LogP contribution < -0.4 is 20.7 Å². The summed E-state index contributed by atoms with van der Waals surface area (Å²) in [6, 6.07) is 3.23. The van der Waals surface area contributed by atoms with Crippen molar-refractivity contribution < 1.29 is 9.53 Å². The van der Waals surface area contributed by atoms with Gasteiger partial charge in [0.2, 0.25) is 0 Å². The van der Waals surface area contributed by atoms with E-state index in [4.69, 9.17) is 10.1 Å². The maximum Gasteiger partial charge on any atom is 0.326 e. The zero-order chi connectivity index (χ0) is 13.7. The lowest BCUT2D eigenvalue weighted by atomic mass is 10.1. The number of nitrogens with one attached hydrogen (secondary N) is 4. The van der Waals surface area contributed by atoms with E-state index >= 15 is 0 Å². The first-order valence-electron chi connectivity index (χ1n) is 5.47. The first kappa shape index (κ1) is 13.8. The van der Waals surface area contributed by atoms with E-state index in [1.807, 2.05) is 26.0 Å². The summed E-state index contributed by atoms with van der Waals surface area (Å²) < 4.78 is 5.15. The van der Waals surface area contributed by atoms with Crippen molar-refractivity contribution in [2.24, 2.45) is 0 Å². The zero-order valence-corrected chi connectivity index (χ0v) is 11.0. The highest BCUT2D eigenvalue weighted by molar-refractivity contribution is 6.02. The van der Waals surface area contributed by atoms with Crippen LogP contribution in [-0.2, 0) is 0 Å². The van der Waals surface area contributed by atoms with Gasteiger partial charge in [-0.2, -0.15) is 0 Å². The molecule has 0 saturated carbocycles. The van der Waals surface area contributed by atoms with Gasteiger partial charge in [0, 0.05) is 12.7 Å². The molecule has 0 heterocycles. The van der Waals surface area contributed by atoms with Crippen LogP contribution in [0.25, 0.3) is 0 Å². The molecule has 18 heavy (non-hydrogen) atoms. The lowest BCUT2D eigenvalue weighted by molar-refractivity contribution is 0.256. The van der Waals surface area contributed by atoms with E-state index in [1.165, 1.54) is 0 Å². The normalized spacial score (nSPS) is 9.56. The van der Waals surface area contributed by atoms with E-state index in [-0.39, 0.29) is 5.96 Å². The maximum atomic E-state index is 11.6. The highest BCUT2D eigenvalue weighted by Crippen LogP contribution is 2.25. The van der Waals surface area contributed by atoms with Crippen molar-refractivity contribution in [2.45, 2.75) is 13.8 Å². The van der Waals surface area contributed by atoms with Crippen LogP contribution in [0, 0.1) is 19.3 Å². The van der Waals surface area contributed by atoms with Crippen molar-refractivity contribution in [3.63, 3.8) is 0 Å². The third-order valence-corrected chi connectivity index (χ3v) is 2.47. The van der Waals surface area contributed by atoms with Crippen LogP contribution in [0.4, 0.5) is 10.5 Å². The Morgan fingerprint density at radius 1 is 1.28 bits per heavy atom. The molecule has 0 radical (unpaired) electrons. The van der Waals surface area contributed by atoms with Gasteiger partial charge < -0.3 is 15.4 Å². The van der Waals surface area contributed by atoms with E-state index in [2.05, 4.69) is 16.0 Å². The summed E-state index contributed by atoms with van der Waals surface area (Å²) in [6.07, 6.45) is 0. The van der Waals surface area contributed by atoms with Crippen molar-refractivity contribution in [3.05, 3.63) is 23.3 Å². The second-order valence-electron chi connectivity index (χ2n) is 3.84. The Labute approximate surface area is 106 Å². The Kier molecular flexibility index (Phi) is 4.53. The first-order valence-corrected chi connectivity index (χ1v) is 5.47. The van der Waals surface area contributed by atoms with E-state index in [9.17, 15) is 4.79 Å². The smallest absolute Gasteiger partial charge is 0.326 e. The van der Waals surface area contributed by atoms with E-state index in [1.54, 1.807) is 14.2 Å². The van der Waals surface area contributed by atoms with Gasteiger partial charge in [-0.25, -0.2) is 4.79 Å². The lowest BCUT2D eigenvalue weighted by Gasteiger charge is -2.14. The number of benzene rings is 1. The topological polar surface area (TPSA) is 86.2 Å². The predicted molar refractivity (Wildman–Crippen MR) is 71.4 cm³/mol. The Morgan fingerprint density at radius 3 is 2.28 bits per heavy atom. The maximum absolute atomic E-state index is 11.6. The Hall–Kier alpha value is -2.24. The Bertz CT molecular complexity index is 448. The molecule has 0 saturated heterocycles.